The normalized spacial score (nSPS) is 15.0. The molecule has 0 aliphatic carbocycles. The fourth-order valence-electron chi connectivity index (χ4n) is 8.42. The predicted octanol–water partition coefficient (Wildman–Crippen LogP) is 9.04. The highest BCUT2D eigenvalue weighted by Crippen LogP contribution is 2.41. The molecule has 2 saturated heterocycles. The van der Waals surface area contributed by atoms with Crippen molar-refractivity contribution in [3.63, 3.8) is 0 Å². The van der Waals surface area contributed by atoms with Crippen molar-refractivity contribution in [2.24, 2.45) is 0 Å². The number of aliphatic hydroxyl groups is 2. The van der Waals surface area contributed by atoms with Gasteiger partial charge in [0.1, 0.15) is 35.9 Å². The molecule has 2 aliphatic heterocycles. The van der Waals surface area contributed by atoms with E-state index in [-0.39, 0.29) is 17.9 Å². The van der Waals surface area contributed by atoms with Crippen molar-refractivity contribution >= 4 is 94.5 Å². The quantitative estimate of drug-likeness (QED) is 0.0604. The first-order valence-corrected chi connectivity index (χ1v) is 25.0. The van der Waals surface area contributed by atoms with Crippen LogP contribution in [0.25, 0.3) is 33.2 Å². The van der Waals surface area contributed by atoms with Crippen molar-refractivity contribution < 1.29 is 38.6 Å². The molecule has 5 N–H and O–H groups in total. The van der Waals surface area contributed by atoms with E-state index >= 15 is 0 Å². The average molecular weight is 1150 g/mol. The molecule has 0 unspecified atom stereocenters. The molecule has 23 heteroatoms. The fraction of sp³-hybridized carbons (Fsp3) is 0.320. The van der Waals surface area contributed by atoms with Crippen LogP contribution in [0, 0.1) is 0 Å². The third-order valence-corrected chi connectivity index (χ3v) is 13.2. The molecule has 0 saturated carbocycles. The second kappa shape index (κ2) is 24.4. The molecular weight excluding hydrogens is 1090 g/mol. The minimum Gasteiger partial charge on any atom is -0.493 e. The monoisotopic (exact) mass is 1140 g/mol. The third-order valence-electron chi connectivity index (χ3n) is 12.1. The van der Waals surface area contributed by atoms with Gasteiger partial charge in [-0.25, -0.2) is 19.9 Å². The van der Waals surface area contributed by atoms with Crippen LogP contribution < -0.4 is 49.3 Å². The summed E-state index contributed by atoms with van der Waals surface area (Å²) < 4.78 is 38.1. The fourth-order valence-corrected chi connectivity index (χ4v) is 9.29. The van der Waals surface area contributed by atoms with Gasteiger partial charge in [-0.1, -0.05) is 31.9 Å². The molecule has 4 aromatic heterocycles. The number of ether oxygens (including phenoxy) is 6. The maximum Gasteiger partial charge on any atom is 0.228 e. The van der Waals surface area contributed by atoms with E-state index in [1.54, 1.807) is 55.3 Å². The van der Waals surface area contributed by atoms with Crippen LogP contribution in [0.5, 0.6) is 34.5 Å². The van der Waals surface area contributed by atoms with E-state index in [0.717, 1.165) is 74.5 Å². The molecule has 2 atom stereocenters. The Labute approximate surface area is 443 Å². The number of anilines is 5. The molecule has 10 rings (SSSR count). The van der Waals surface area contributed by atoms with Crippen molar-refractivity contribution in [3.8, 4) is 45.9 Å². The number of rotatable bonds is 15. The minimum absolute atomic E-state index is 0.0155. The molecule has 0 radical (unpaired) electrons. The maximum absolute atomic E-state index is 9.82. The molecule has 2 aliphatic rings. The lowest BCUT2D eigenvalue weighted by molar-refractivity contribution is 0.255. The van der Waals surface area contributed by atoms with Gasteiger partial charge in [0.15, 0.2) is 23.0 Å². The van der Waals surface area contributed by atoms with E-state index in [9.17, 15) is 5.11 Å². The summed E-state index contributed by atoms with van der Waals surface area (Å²) in [4.78, 5) is 29.2. The Morgan fingerprint density at radius 3 is 1.58 bits per heavy atom. The van der Waals surface area contributed by atoms with Crippen LogP contribution in [0.4, 0.5) is 29.2 Å². The molecule has 384 valence electrons. The van der Waals surface area contributed by atoms with Gasteiger partial charge in [-0.3, -0.25) is 0 Å². The Hall–Kier alpha value is -6.69. The van der Waals surface area contributed by atoms with Gasteiger partial charge in [-0.05, 0) is 80.2 Å². The second-order valence-corrected chi connectivity index (χ2v) is 18.7. The van der Waals surface area contributed by atoms with Crippen molar-refractivity contribution in [3.05, 3.63) is 99.9 Å². The standard InChI is InChI=1S/C25H27BrN6O4.C20H17BrClN5O3.C5H11NO/c1-34-20-10-17(11-21(35-2)23(20)36-3)31-12-22(27-14-31)29-24-18-7-6-15(26)9-19(18)28-25(30-24)32-8-4-5-16(32)13-33;1-28-15-7-12(8-16(29-2)18(15)30-3)27-9-17(23-10-27)25-19-13-5-4-11(21)6-14(13)24-20(22)26-19;7-4-5-2-1-3-6-5/h6-7,9-12,14,16,33H,4-5,8,13H2,1-3H3,(H,28,29,30);4-10H,1-3H3,(H,24,25,26);5-7H,1-4H2/t16-;;5-/m1.1/s1. The number of hydrogen-bond acceptors (Lipinski definition) is 18. The number of aliphatic hydroxyl groups excluding tert-OH is 2. The summed E-state index contributed by atoms with van der Waals surface area (Å²) in [6.45, 7) is 2.27. The number of aromatic nitrogens is 8. The van der Waals surface area contributed by atoms with E-state index in [1.165, 1.54) is 6.42 Å². The van der Waals surface area contributed by atoms with Gasteiger partial charge in [0.05, 0.1) is 96.7 Å². The Kier molecular flexibility index (Phi) is 17.6. The molecule has 2 fully saturated rings. The molecule has 0 amide bonds. The van der Waals surface area contributed by atoms with Crippen molar-refractivity contribution in [1.82, 2.24) is 44.4 Å². The number of benzene rings is 4. The van der Waals surface area contributed by atoms with Gasteiger partial charge in [0, 0.05) is 56.6 Å². The summed E-state index contributed by atoms with van der Waals surface area (Å²) in [6.07, 6.45) is 11.3. The van der Waals surface area contributed by atoms with E-state index in [4.69, 9.17) is 55.1 Å². The zero-order chi connectivity index (χ0) is 51.6. The zero-order valence-electron chi connectivity index (χ0n) is 40.9. The van der Waals surface area contributed by atoms with Gasteiger partial charge in [0.25, 0.3) is 0 Å². The van der Waals surface area contributed by atoms with Crippen molar-refractivity contribution in [2.45, 2.75) is 37.8 Å². The van der Waals surface area contributed by atoms with E-state index in [2.05, 4.69) is 72.6 Å². The summed E-state index contributed by atoms with van der Waals surface area (Å²) in [7, 11) is 9.45. The van der Waals surface area contributed by atoms with E-state index in [0.29, 0.717) is 76.4 Å². The number of nitrogens with zero attached hydrogens (tertiary/aromatic N) is 9. The number of fused-ring (bicyclic) bond motifs is 2. The van der Waals surface area contributed by atoms with Crippen LogP contribution in [-0.4, -0.2) is 130 Å². The number of imidazole rings is 2. The highest BCUT2D eigenvalue weighted by molar-refractivity contribution is 9.10. The maximum atomic E-state index is 9.82. The van der Waals surface area contributed by atoms with Crippen LogP contribution in [0.15, 0.2) is 94.7 Å². The molecule has 6 heterocycles. The van der Waals surface area contributed by atoms with Gasteiger partial charge in [0.2, 0.25) is 22.7 Å². The summed E-state index contributed by atoms with van der Waals surface area (Å²) in [6, 6.07) is 19.4. The first kappa shape index (κ1) is 52.6. The second-order valence-electron chi connectivity index (χ2n) is 16.5. The topological polar surface area (TPSA) is 222 Å². The largest absolute Gasteiger partial charge is 0.493 e. The first-order chi connectivity index (χ1) is 35.5. The lowest BCUT2D eigenvalue weighted by Crippen LogP contribution is -2.33. The molecule has 20 nitrogen and oxygen atoms in total. The highest BCUT2D eigenvalue weighted by Gasteiger charge is 2.27. The van der Waals surface area contributed by atoms with Crippen LogP contribution in [0.3, 0.4) is 0 Å². The van der Waals surface area contributed by atoms with Crippen molar-refractivity contribution in [2.75, 3.05) is 84.5 Å². The van der Waals surface area contributed by atoms with Crippen LogP contribution in [0.1, 0.15) is 25.7 Å². The number of nitrogens with one attached hydrogen (secondary N) is 3. The summed E-state index contributed by atoms with van der Waals surface area (Å²) >= 11 is 13.1. The zero-order valence-corrected chi connectivity index (χ0v) is 44.8. The van der Waals surface area contributed by atoms with Gasteiger partial charge >= 0.3 is 0 Å². The van der Waals surface area contributed by atoms with Crippen LogP contribution in [0.2, 0.25) is 5.28 Å². The SMILES string of the molecule is COc1cc(-n2cnc(Nc3nc(Cl)nc4cc(Br)ccc34)c2)cc(OC)c1OC.COc1cc(-n2cnc(Nc3nc(N4CCC[C@@H]4CO)nc4cc(Br)ccc34)c2)cc(OC)c1OC.OC[C@H]1CCCN1. The number of hydrogen-bond donors (Lipinski definition) is 5. The van der Waals surface area contributed by atoms with E-state index in [1.807, 2.05) is 82.2 Å². The van der Waals surface area contributed by atoms with Crippen LogP contribution in [-0.2, 0) is 0 Å². The molecule has 0 bridgehead atoms. The first-order valence-electron chi connectivity index (χ1n) is 23.0. The number of halogens is 3. The molecular formula is C50H55Br2ClN12O8. The van der Waals surface area contributed by atoms with Gasteiger partial charge in [-0.2, -0.15) is 9.97 Å². The van der Waals surface area contributed by atoms with E-state index < -0.39 is 0 Å². The Morgan fingerprint density at radius 1 is 0.630 bits per heavy atom. The van der Waals surface area contributed by atoms with Crippen LogP contribution >= 0.6 is 43.5 Å². The summed E-state index contributed by atoms with van der Waals surface area (Å²) in [5.74, 6) is 6.24. The molecule has 0 spiro atoms. The molecule has 8 aromatic rings. The molecule has 73 heavy (non-hydrogen) atoms. The Balaban J connectivity index is 0.000000174. The predicted molar refractivity (Wildman–Crippen MR) is 288 cm³/mol. The Morgan fingerprint density at radius 2 is 1.14 bits per heavy atom. The Bertz CT molecular complexity index is 3120. The smallest absolute Gasteiger partial charge is 0.228 e. The third kappa shape index (κ3) is 12.2. The summed E-state index contributed by atoms with van der Waals surface area (Å²) in [5, 5.41) is 29.9. The van der Waals surface area contributed by atoms with Crippen molar-refractivity contribution in [1.29, 1.82) is 0 Å². The number of methoxy groups -OCH3 is 6. The lowest BCUT2D eigenvalue weighted by atomic mass is 10.2. The lowest BCUT2D eigenvalue weighted by Gasteiger charge is -2.24. The minimum atomic E-state index is 0.0155. The van der Waals surface area contributed by atoms with Gasteiger partial charge < -0.3 is 68.6 Å². The van der Waals surface area contributed by atoms with Gasteiger partial charge in [-0.15, -0.1) is 0 Å². The summed E-state index contributed by atoms with van der Waals surface area (Å²) in [5.41, 5.74) is 3.10. The molecule has 4 aromatic carbocycles. The highest BCUT2D eigenvalue weighted by atomic mass is 79.9. The average Bonchev–Trinajstić information content (AvgIpc) is 4.27.